The van der Waals surface area contributed by atoms with Crippen molar-refractivity contribution in [3.63, 3.8) is 0 Å². The molecule has 2 rings (SSSR count). The molecular weight excluding hydrogens is 392 g/mol. The highest BCUT2D eigenvalue weighted by molar-refractivity contribution is 5.73. The molecule has 0 saturated heterocycles. The molecule has 1 aliphatic rings. The first kappa shape index (κ1) is 23.4. The summed E-state index contributed by atoms with van der Waals surface area (Å²) in [5.74, 6) is 1.26. The zero-order valence-electron chi connectivity index (χ0n) is 18.7. The van der Waals surface area contributed by atoms with E-state index >= 15 is 0 Å². The minimum Gasteiger partial charge on any atom is -0.496 e. The van der Waals surface area contributed by atoms with E-state index in [1.165, 1.54) is 0 Å². The molecule has 1 aliphatic heterocycles. The van der Waals surface area contributed by atoms with Gasteiger partial charge in [-0.1, -0.05) is 6.08 Å². The van der Waals surface area contributed by atoms with Gasteiger partial charge in [0.25, 0.3) is 0 Å². The van der Waals surface area contributed by atoms with Crippen molar-refractivity contribution < 1.29 is 14.2 Å². The van der Waals surface area contributed by atoms with Gasteiger partial charge in [0.05, 0.1) is 19.8 Å². The molecule has 0 radical (unpaired) electrons. The van der Waals surface area contributed by atoms with Crippen LogP contribution in [0.5, 0.6) is 11.5 Å². The molecule has 1 aromatic carbocycles. The van der Waals surface area contributed by atoms with E-state index in [2.05, 4.69) is 24.8 Å². The van der Waals surface area contributed by atoms with Crippen molar-refractivity contribution in [2.75, 3.05) is 32.2 Å². The number of methoxy groups -OCH3 is 2. The van der Waals surface area contributed by atoms with E-state index in [1.54, 1.807) is 52.4 Å². The maximum absolute atomic E-state index is 9.70. The molecule has 7 heteroatoms. The van der Waals surface area contributed by atoms with Gasteiger partial charge in [-0.25, -0.2) is 0 Å². The normalized spacial score (nSPS) is 14.5. The maximum Gasteiger partial charge on any atom is 0.172 e. The molecule has 0 atom stereocenters. The van der Waals surface area contributed by atoms with E-state index < -0.39 is 5.60 Å². The van der Waals surface area contributed by atoms with Gasteiger partial charge in [-0.05, 0) is 33.8 Å². The number of hydrogen-bond donors (Lipinski definition) is 0. The summed E-state index contributed by atoms with van der Waals surface area (Å²) in [6.45, 7) is 9.41. The van der Waals surface area contributed by atoms with Crippen LogP contribution in [0.15, 0.2) is 40.7 Å². The number of ether oxygens (including phenoxy) is 3. The van der Waals surface area contributed by atoms with Gasteiger partial charge in [-0.15, -0.1) is 0 Å². The third kappa shape index (κ3) is 4.49. The van der Waals surface area contributed by atoms with E-state index in [0.29, 0.717) is 22.6 Å². The van der Waals surface area contributed by atoms with Gasteiger partial charge in [0.2, 0.25) is 0 Å². The Balaban J connectivity index is 2.67. The smallest absolute Gasteiger partial charge is 0.172 e. The quantitative estimate of drug-likeness (QED) is 0.601. The Kier molecular flexibility index (Phi) is 7.35. The molecule has 0 N–H and O–H groups in total. The van der Waals surface area contributed by atoms with Crippen LogP contribution in [0, 0.1) is 34.0 Å². The van der Waals surface area contributed by atoms with Gasteiger partial charge < -0.3 is 19.1 Å². The molecule has 0 saturated carbocycles. The van der Waals surface area contributed by atoms with Gasteiger partial charge in [-0.3, -0.25) is 0 Å². The lowest BCUT2D eigenvalue weighted by Gasteiger charge is -2.23. The zero-order valence-corrected chi connectivity index (χ0v) is 18.7. The van der Waals surface area contributed by atoms with Crippen molar-refractivity contribution in [3.05, 3.63) is 46.3 Å². The zero-order chi connectivity index (χ0) is 23.2. The summed E-state index contributed by atoms with van der Waals surface area (Å²) in [6.07, 6.45) is 3.54. The summed E-state index contributed by atoms with van der Waals surface area (Å²) in [4.78, 5) is 2.19. The molecule has 160 valence electrons. The Morgan fingerprint density at radius 3 is 2.00 bits per heavy atom. The first-order chi connectivity index (χ1) is 14.8. The predicted octanol–water partition coefficient (Wildman–Crippen LogP) is 4.49. The molecule has 1 heterocycles. The summed E-state index contributed by atoms with van der Waals surface area (Å²) in [7, 11) is 3.18. The minimum atomic E-state index is -0.891. The summed E-state index contributed by atoms with van der Waals surface area (Å²) in [6, 6.07) is 9.55. The van der Waals surface area contributed by atoms with Crippen LogP contribution in [0.2, 0.25) is 0 Å². The maximum atomic E-state index is 9.70. The van der Waals surface area contributed by atoms with Crippen LogP contribution in [0.1, 0.15) is 33.3 Å². The molecule has 7 nitrogen and oxygen atoms in total. The van der Waals surface area contributed by atoms with E-state index in [-0.39, 0.29) is 16.9 Å². The number of anilines is 1. The molecule has 31 heavy (non-hydrogen) atoms. The van der Waals surface area contributed by atoms with E-state index in [1.807, 2.05) is 12.1 Å². The highest BCUT2D eigenvalue weighted by atomic mass is 16.5. The van der Waals surface area contributed by atoms with Gasteiger partial charge in [-0.2, -0.15) is 15.8 Å². The molecule has 0 bridgehead atoms. The first-order valence-electron chi connectivity index (χ1n) is 9.89. The second-order valence-corrected chi connectivity index (χ2v) is 7.21. The number of allylic oxidation sites excluding steroid dienone is 2. The predicted molar refractivity (Wildman–Crippen MR) is 118 cm³/mol. The average molecular weight is 418 g/mol. The summed E-state index contributed by atoms with van der Waals surface area (Å²) in [5.41, 5.74) is 1.29. The Morgan fingerprint density at radius 2 is 1.58 bits per heavy atom. The van der Waals surface area contributed by atoms with E-state index in [9.17, 15) is 15.8 Å². The van der Waals surface area contributed by atoms with Gasteiger partial charge in [0.1, 0.15) is 40.9 Å². The van der Waals surface area contributed by atoms with E-state index in [0.717, 1.165) is 18.8 Å². The van der Waals surface area contributed by atoms with Crippen molar-refractivity contribution in [1.82, 2.24) is 0 Å². The lowest BCUT2D eigenvalue weighted by molar-refractivity contribution is 0.0954. The standard InChI is InChI=1S/C24H26N4O3/c1-7-28(8-2)17-11-21(29-5)18(22(12-17)30-6)9-10-20-19(15-27)23(16(13-25)14-26)31-24(20,3)4/h9-12H,7-8H2,1-6H3/b10-9+. The highest BCUT2D eigenvalue weighted by Gasteiger charge is 2.38. The van der Waals surface area contributed by atoms with Crippen LogP contribution in [0.25, 0.3) is 6.08 Å². The Bertz CT molecular complexity index is 1030. The van der Waals surface area contributed by atoms with Crippen molar-refractivity contribution >= 4 is 11.8 Å². The van der Waals surface area contributed by atoms with Crippen LogP contribution in [0.3, 0.4) is 0 Å². The molecular formula is C24H26N4O3. The summed E-state index contributed by atoms with van der Waals surface area (Å²) < 4.78 is 17.0. The Morgan fingerprint density at radius 1 is 1.03 bits per heavy atom. The highest BCUT2D eigenvalue weighted by Crippen LogP contribution is 2.42. The second-order valence-electron chi connectivity index (χ2n) is 7.21. The summed E-state index contributed by atoms with van der Waals surface area (Å²) >= 11 is 0. The number of nitrogens with zero attached hydrogens (tertiary/aromatic N) is 4. The van der Waals surface area contributed by atoms with Crippen LogP contribution < -0.4 is 14.4 Å². The second kappa shape index (κ2) is 9.74. The minimum absolute atomic E-state index is 0.00737. The van der Waals surface area contributed by atoms with E-state index in [4.69, 9.17) is 14.2 Å². The third-order valence-electron chi connectivity index (χ3n) is 5.14. The first-order valence-corrected chi connectivity index (χ1v) is 9.89. The monoisotopic (exact) mass is 418 g/mol. The van der Waals surface area contributed by atoms with Crippen LogP contribution in [0.4, 0.5) is 5.69 Å². The number of rotatable bonds is 7. The Hall–Kier alpha value is -3.89. The average Bonchev–Trinajstić information content (AvgIpc) is 3.03. The molecule has 0 aromatic heterocycles. The van der Waals surface area contributed by atoms with Gasteiger partial charge in [0.15, 0.2) is 11.3 Å². The lowest BCUT2D eigenvalue weighted by atomic mass is 9.94. The molecule has 0 unspecified atom stereocenters. The number of hydrogen-bond acceptors (Lipinski definition) is 7. The van der Waals surface area contributed by atoms with Crippen molar-refractivity contribution in [2.45, 2.75) is 33.3 Å². The molecule has 0 amide bonds. The largest absolute Gasteiger partial charge is 0.496 e. The number of benzene rings is 1. The summed E-state index contributed by atoms with van der Waals surface area (Å²) in [5, 5.41) is 28.1. The van der Waals surface area contributed by atoms with Crippen molar-refractivity contribution in [2.24, 2.45) is 0 Å². The molecule has 0 fully saturated rings. The molecule has 0 aliphatic carbocycles. The fourth-order valence-corrected chi connectivity index (χ4v) is 3.51. The Labute approximate surface area is 183 Å². The number of nitriles is 3. The topological polar surface area (TPSA) is 102 Å². The van der Waals surface area contributed by atoms with Crippen molar-refractivity contribution in [3.8, 4) is 29.7 Å². The van der Waals surface area contributed by atoms with Crippen LogP contribution in [-0.4, -0.2) is 32.9 Å². The fourth-order valence-electron chi connectivity index (χ4n) is 3.51. The fraction of sp³-hybridized carbons (Fsp3) is 0.375. The van der Waals surface area contributed by atoms with Gasteiger partial charge >= 0.3 is 0 Å². The lowest BCUT2D eigenvalue weighted by Crippen LogP contribution is -2.22. The SMILES string of the molecule is CCN(CC)c1cc(OC)c(/C=C/C2=C(C#N)C(=C(C#N)C#N)OC2(C)C)c(OC)c1. The van der Waals surface area contributed by atoms with Crippen LogP contribution >= 0.6 is 0 Å². The third-order valence-corrected chi connectivity index (χ3v) is 5.14. The molecule has 0 spiro atoms. The van der Waals surface area contributed by atoms with Crippen molar-refractivity contribution in [1.29, 1.82) is 15.8 Å². The van der Waals surface area contributed by atoms with Gasteiger partial charge in [0, 0.05) is 36.5 Å². The molecule has 1 aromatic rings. The van der Waals surface area contributed by atoms with Crippen LogP contribution in [-0.2, 0) is 4.74 Å².